The lowest BCUT2D eigenvalue weighted by Crippen LogP contribution is -2.26. The Hall–Kier alpha value is -4.28. The Morgan fingerprint density at radius 3 is 2.48 bits per heavy atom. The van der Waals surface area contributed by atoms with Gasteiger partial charge >= 0.3 is 6.18 Å². The zero-order valence-electron chi connectivity index (χ0n) is 22.9. The van der Waals surface area contributed by atoms with E-state index in [1.807, 2.05) is 10.6 Å². The first kappa shape index (κ1) is 27.9. The van der Waals surface area contributed by atoms with Crippen molar-refractivity contribution in [1.29, 1.82) is 0 Å². The van der Waals surface area contributed by atoms with Crippen LogP contribution in [0.3, 0.4) is 0 Å². The Morgan fingerprint density at radius 1 is 1.00 bits per heavy atom. The van der Waals surface area contributed by atoms with Gasteiger partial charge in [-0.1, -0.05) is 25.0 Å². The standard InChI is InChI=1S/C31H31F3N6O2/c32-31(33,34)23-11-12-36-25(17-23)38-30(42)21-9-7-20(8-10-21)26-27-28(35)37-13-14-40(27)29(39-26)22-6-1-3-18(15-22)16-24(41)19-4-2-5-19/h7-14,17-19,22H,1-6,15-16H2,(H2,35,37)(H,36,38,42)/t18-,22-/m1/s1. The third kappa shape index (κ3) is 5.60. The number of alkyl halides is 3. The molecule has 0 bridgehead atoms. The SMILES string of the molecule is Nc1nccn2c([C@@H]3CCC[C@@H](CC(=O)C4CCC4)C3)nc(-c3ccc(C(=O)Nc4cc(C(F)(F)F)ccn4)cc3)c12. The monoisotopic (exact) mass is 576 g/mol. The summed E-state index contributed by atoms with van der Waals surface area (Å²) in [5.74, 6) is 1.60. The summed E-state index contributed by atoms with van der Waals surface area (Å²) in [4.78, 5) is 38.6. The molecule has 42 heavy (non-hydrogen) atoms. The van der Waals surface area contributed by atoms with Crippen LogP contribution in [0, 0.1) is 11.8 Å². The second-order valence-electron chi connectivity index (χ2n) is 11.3. The number of nitrogens with zero attached hydrogens (tertiary/aromatic N) is 4. The highest BCUT2D eigenvalue weighted by Crippen LogP contribution is 2.41. The molecule has 2 aliphatic carbocycles. The number of ketones is 1. The largest absolute Gasteiger partial charge is 0.416 e. The molecule has 2 aliphatic rings. The van der Waals surface area contributed by atoms with Gasteiger partial charge in [-0.2, -0.15) is 13.2 Å². The van der Waals surface area contributed by atoms with E-state index in [1.165, 1.54) is 0 Å². The predicted octanol–water partition coefficient (Wildman–Crippen LogP) is 6.68. The molecule has 2 fully saturated rings. The first-order valence-corrected chi connectivity index (χ1v) is 14.3. The number of Topliss-reactive ketones (excluding diaryl/α,β-unsaturated/α-hetero) is 1. The van der Waals surface area contributed by atoms with Crippen LogP contribution in [-0.2, 0) is 11.0 Å². The number of imidazole rings is 1. The Bertz CT molecular complexity index is 1630. The molecular formula is C31H31F3N6O2. The lowest BCUT2D eigenvalue weighted by Gasteiger charge is -2.31. The van der Waals surface area contributed by atoms with E-state index in [9.17, 15) is 22.8 Å². The number of hydrogen-bond acceptors (Lipinski definition) is 6. The molecule has 6 rings (SSSR count). The summed E-state index contributed by atoms with van der Waals surface area (Å²) < 4.78 is 41.1. The fourth-order valence-electron chi connectivity index (χ4n) is 6.11. The number of anilines is 2. The maximum absolute atomic E-state index is 13.0. The summed E-state index contributed by atoms with van der Waals surface area (Å²) in [6.45, 7) is 0. The molecule has 0 saturated heterocycles. The summed E-state index contributed by atoms with van der Waals surface area (Å²) in [6, 6.07) is 8.26. The minimum Gasteiger partial charge on any atom is -0.382 e. The molecule has 218 valence electrons. The topological polar surface area (TPSA) is 115 Å². The fourth-order valence-corrected chi connectivity index (χ4v) is 6.11. The van der Waals surface area contributed by atoms with Crippen molar-refractivity contribution in [1.82, 2.24) is 19.4 Å². The van der Waals surface area contributed by atoms with Gasteiger partial charge in [0, 0.05) is 48.0 Å². The second-order valence-corrected chi connectivity index (χ2v) is 11.3. The van der Waals surface area contributed by atoms with Crippen LogP contribution in [0.15, 0.2) is 55.0 Å². The molecule has 3 aromatic heterocycles. The minimum absolute atomic E-state index is 0.172. The minimum atomic E-state index is -4.54. The quantitative estimate of drug-likeness (QED) is 0.254. The van der Waals surface area contributed by atoms with E-state index in [0.717, 1.165) is 74.7 Å². The molecule has 0 aliphatic heterocycles. The number of benzene rings is 1. The van der Waals surface area contributed by atoms with Crippen molar-refractivity contribution in [3.05, 3.63) is 71.9 Å². The fraction of sp³-hybridized carbons (Fsp3) is 0.387. The number of rotatable bonds is 7. The number of halogens is 3. The smallest absolute Gasteiger partial charge is 0.382 e. The van der Waals surface area contributed by atoms with Crippen molar-refractivity contribution in [3.8, 4) is 11.3 Å². The molecular weight excluding hydrogens is 545 g/mol. The number of nitrogen functional groups attached to an aromatic ring is 1. The van der Waals surface area contributed by atoms with E-state index in [-0.39, 0.29) is 23.2 Å². The number of pyridine rings is 1. The van der Waals surface area contributed by atoms with Gasteiger partial charge in [0.15, 0.2) is 0 Å². The normalized spacial score (nSPS) is 19.4. The Morgan fingerprint density at radius 2 is 1.76 bits per heavy atom. The predicted molar refractivity (Wildman–Crippen MR) is 152 cm³/mol. The summed E-state index contributed by atoms with van der Waals surface area (Å²) in [5.41, 5.74) is 7.70. The van der Waals surface area contributed by atoms with Gasteiger partial charge in [0.1, 0.15) is 34.5 Å². The number of nitrogens with one attached hydrogen (secondary N) is 1. The van der Waals surface area contributed by atoms with Crippen molar-refractivity contribution >= 4 is 28.8 Å². The maximum Gasteiger partial charge on any atom is 0.416 e. The van der Waals surface area contributed by atoms with Crippen molar-refractivity contribution in [3.63, 3.8) is 0 Å². The van der Waals surface area contributed by atoms with Gasteiger partial charge in [-0.3, -0.25) is 14.0 Å². The Kier molecular flexibility index (Phi) is 7.42. The van der Waals surface area contributed by atoms with Crippen LogP contribution in [0.4, 0.5) is 24.8 Å². The summed E-state index contributed by atoms with van der Waals surface area (Å²) in [6.07, 6.45) is 7.74. The second kappa shape index (κ2) is 11.2. The number of carbonyl (C=O) groups excluding carboxylic acids is 2. The van der Waals surface area contributed by atoms with Crippen LogP contribution in [-0.4, -0.2) is 31.0 Å². The van der Waals surface area contributed by atoms with Crippen LogP contribution < -0.4 is 11.1 Å². The number of carbonyl (C=O) groups is 2. The van der Waals surface area contributed by atoms with E-state index in [0.29, 0.717) is 35.2 Å². The van der Waals surface area contributed by atoms with Crippen molar-refractivity contribution in [2.24, 2.45) is 11.8 Å². The average Bonchev–Trinajstić information content (AvgIpc) is 3.33. The van der Waals surface area contributed by atoms with Crippen LogP contribution in [0.1, 0.15) is 79.0 Å². The highest BCUT2D eigenvalue weighted by atomic mass is 19.4. The molecule has 2 saturated carbocycles. The van der Waals surface area contributed by atoms with Crippen molar-refractivity contribution in [2.75, 3.05) is 11.1 Å². The molecule has 4 aromatic rings. The van der Waals surface area contributed by atoms with E-state index >= 15 is 0 Å². The average molecular weight is 577 g/mol. The van der Waals surface area contributed by atoms with Gasteiger partial charge in [-0.05, 0) is 62.3 Å². The zero-order chi connectivity index (χ0) is 29.4. The maximum atomic E-state index is 13.0. The number of fused-ring (bicyclic) bond motifs is 1. The van der Waals surface area contributed by atoms with E-state index in [1.54, 1.807) is 30.5 Å². The number of aromatic nitrogens is 4. The number of nitrogens with two attached hydrogens (primary N) is 1. The van der Waals surface area contributed by atoms with Gasteiger partial charge in [0.05, 0.1) is 5.56 Å². The van der Waals surface area contributed by atoms with Gasteiger partial charge < -0.3 is 11.1 Å². The Balaban J connectivity index is 1.23. The summed E-state index contributed by atoms with van der Waals surface area (Å²) >= 11 is 0. The number of hydrogen-bond donors (Lipinski definition) is 2. The molecule has 3 N–H and O–H groups in total. The molecule has 2 atom stereocenters. The lowest BCUT2D eigenvalue weighted by atomic mass is 9.74. The third-order valence-electron chi connectivity index (χ3n) is 8.56. The van der Waals surface area contributed by atoms with E-state index < -0.39 is 17.6 Å². The zero-order valence-corrected chi connectivity index (χ0v) is 22.9. The molecule has 0 radical (unpaired) electrons. The van der Waals surface area contributed by atoms with Crippen LogP contribution >= 0.6 is 0 Å². The first-order chi connectivity index (χ1) is 20.2. The third-order valence-corrected chi connectivity index (χ3v) is 8.56. The Labute approximate surface area is 240 Å². The van der Waals surface area contributed by atoms with E-state index in [2.05, 4.69) is 15.3 Å². The lowest BCUT2D eigenvalue weighted by molar-refractivity contribution is -0.137. The van der Waals surface area contributed by atoms with Gasteiger partial charge in [-0.15, -0.1) is 0 Å². The van der Waals surface area contributed by atoms with Crippen molar-refractivity contribution in [2.45, 2.75) is 63.5 Å². The molecule has 1 amide bonds. The van der Waals surface area contributed by atoms with Crippen LogP contribution in [0.25, 0.3) is 16.8 Å². The first-order valence-electron chi connectivity index (χ1n) is 14.3. The van der Waals surface area contributed by atoms with Gasteiger partial charge in [0.2, 0.25) is 0 Å². The summed E-state index contributed by atoms with van der Waals surface area (Å²) in [7, 11) is 0. The van der Waals surface area contributed by atoms with Crippen LogP contribution in [0.5, 0.6) is 0 Å². The number of amides is 1. The van der Waals surface area contributed by atoms with Crippen LogP contribution in [0.2, 0.25) is 0 Å². The molecule has 1 aromatic carbocycles. The summed E-state index contributed by atoms with van der Waals surface area (Å²) in [5, 5.41) is 2.42. The highest BCUT2D eigenvalue weighted by Gasteiger charge is 2.33. The van der Waals surface area contributed by atoms with E-state index in [4.69, 9.17) is 10.7 Å². The highest BCUT2D eigenvalue weighted by molar-refractivity contribution is 6.04. The van der Waals surface area contributed by atoms with Gasteiger partial charge in [0.25, 0.3) is 5.91 Å². The molecule has 0 unspecified atom stereocenters. The van der Waals surface area contributed by atoms with Crippen molar-refractivity contribution < 1.29 is 22.8 Å². The molecule has 11 heteroatoms. The van der Waals surface area contributed by atoms with Gasteiger partial charge in [-0.25, -0.2) is 15.0 Å². The molecule has 0 spiro atoms. The molecule has 8 nitrogen and oxygen atoms in total. The molecule has 3 heterocycles.